The summed E-state index contributed by atoms with van der Waals surface area (Å²) in [6.07, 6.45) is 0. The van der Waals surface area contributed by atoms with E-state index in [-0.39, 0.29) is 18.8 Å². The Bertz CT molecular complexity index is 452. The van der Waals surface area contributed by atoms with E-state index in [4.69, 9.17) is 4.42 Å². The van der Waals surface area contributed by atoms with Gasteiger partial charge in [0.2, 0.25) is 11.8 Å². The summed E-state index contributed by atoms with van der Waals surface area (Å²) >= 11 is 3.06. The van der Waals surface area contributed by atoms with Crippen LogP contribution < -0.4 is 5.32 Å². The van der Waals surface area contributed by atoms with Gasteiger partial charge in [-0.1, -0.05) is 0 Å². The second kappa shape index (κ2) is 4.09. The van der Waals surface area contributed by atoms with Crippen LogP contribution in [0.15, 0.2) is 21.2 Å². The molecule has 1 saturated heterocycles. The largest absolute Gasteiger partial charge is 0.444 e. The molecule has 3 amide bonds. The van der Waals surface area contributed by atoms with E-state index in [1.54, 1.807) is 6.07 Å². The van der Waals surface area contributed by atoms with Crippen molar-refractivity contribution in [3.8, 4) is 0 Å². The normalized spacial score (nSPS) is 16.2. The van der Waals surface area contributed by atoms with Crippen LogP contribution in [0.5, 0.6) is 0 Å². The number of imide groups is 1. The molecular formula is C9H7BrN2O4. The molecule has 1 N–H and O–H groups in total. The molecule has 7 heteroatoms. The first-order chi connectivity index (χ1) is 7.56. The smallest absolute Gasteiger partial charge is 0.290 e. The minimum atomic E-state index is -0.491. The van der Waals surface area contributed by atoms with Gasteiger partial charge in [0.05, 0.1) is 0 Å². The molecule has 16 heavy (non-hydrogen) atoms. The fourth-order valence-corrected chi connectivity index (χ4v) is 1.67. The zero-order chi connectivity index (χ0) is 11.7. The third kappa shape index (κ3) is 2.13. The van der Waals surface area contributed by atoms with E-state index in [2.05, 4.69) is 21.2 Å². The summed E-state index contributed by atoms with van der Waals surface area (Å²) in [6.45, 7) is -0.272. The number of hydrogen-bond acceptors (Lipinski definition) is 4. The van der Waals surface area contributed by atoms with Gasteiger partial charge in [0, 0.05) is 0 Å². The van der Waals surface area contributed by atoms with Crippen molar-refractivity contribution in [1.29, 1.82) is 0 Å². The lowest BCUT2D eigenvalue weighted by Gasteiger charge is -2.24. The Labute approximate surface area is 98.7 Å². The molecule has 0 saturated carbocycles. The minimum absolute atomic E-state index is 0.0920. The second-order valence-corrected chi connectivity index (χ2v) is 4.02. The van der Waals surface area contributed by atoms with Gasteiger partial charge in [-0.3, -0.25) is 19.7 Å². The Morgan fingerprint density at radius 1 is 1.31 bits per heavy atom. The first-order valence-corrected chi connectivity index (χ1v) is 5.23. The van der Waals surface area contributed by atoms with Gasteiger partial charge in [0.1, 0.15) is 13.1 Å². The van der Waals surface area contributed by atoms with E-state index >= 15 is 0 Å². The molecule has 84 valence electrons. The number of nitrogens with zero attached hydrogens (tertiary/aromatic N) is 1. The Morgan fingerprint density at radius 3 is 2.44 bits per heavy atom. The molecule has 0 aromatic carbocycles. The van der Waals surface area contributed by atoms with Gasteiger partial charge in [0.15, 0.2) is 10.4 Å². The van der Waals surface area contributed by atoms with Crippen molar-refractivity contribution in [1.82, 2.24) is 10.2 Å². The standard InChI is InChI=1S/C9H7BrN2O4/c10-6-2-1-5(16-6)9(15)12-3-7(13)11-8(14)4-12/h1-2H,3-4H2,(H,11,13,14). The molecule has 1 fully saturated rings. The van der Waals surface area contributed by atoms with Gasteiger partial charge < -0.3 is 9.32 Å². The maximum Gasteiger partial charge on any atom is 0.290 e. The number of rotatable bonds is 1. The number of carbonyl (C=O) groups is 3. The van der Waals surface area contributed by atoms with Crippen LogP contribution in [0.4, 0.5) is 0 Å². The molecule has 0 spiro atoms. The van der Waals surface area contributed by atoms with Gasteiger partial charge in [-0.05, 0) is 28.1 Å². The van der Waals surface area contributed by atoms with Crippen molar-refractivity contribution in [3.05, 3.63) is 22.6 Å². The average Bonchev–Trinajstić information content (AvgIpc) is 2.62. The fourth-order valence-electron chi connectivity index (χ4n) is 1.37. The predicted octanol–water partition coefficient (Wildman–Crippen LogP) is 0.141. The maximum atomic E-state index is 11.8. The van der Waals surface area contributed by atoms with E-state index in [0.717, 1.165) is 4.90 Å². The third-order valence-electron chi connectivity index (χ3n) is 2.02. The topological polar surface area (TPSA) is 79.6 Å². The number of piperazine rings is 1. The molecule has 1 aliphatic heterocycles. The Balaban J connectivity index is 2.15. The second-order valence-electron chi connectivity index (χ2n) is 3.24. The fraction of sp³-hybridized carbons (Fsp3) is 0.222. The summed E-state index contributed by atoms with van der Waals surface area (Å²) in [5, 5.41) is 2.11. The van der Waals surface area contributed by atoms with Crippen LogP contribution in [0.1, 0.15) is 10.6 Å². The number of nitrogens with one attached hydrogen (secondary N) is 1. The maximum absolute atomic E-state index is 11.8. The number of furan rings is 1. The lowest BCUT2D eigenvalue weighted by atomic mass is 10.3. The van der Waals surface area contributed by atoms with Crippen molar-refractivity contribution in [2.45, 2.75) is 0 Å². The highest BCUT2D eigenvalue weighted by molar-refractivity contribution is 9.10. The SMILES string of the molecule is O=C1CN(C(=O)c2ccc(Br)o2)CC(=O)N1. The molecule has 1 aromatic rings. The number of halogens is 1. The summed E-state index contributed by atoms with van der Waals surface area (Å²) in [5.74, 6) is -1.37. The molecule has 0 radical (unpaired) electrons. The zero-order valence-corrected chi connectivity index (χ0v) is 9.61. The Hall–Kier alpha value is -1.63. The van der Waals surface area contributed by atoms with Crippen LogP contribution in [0.3, 0.4) is 0 Å². The van der Waals surface area contributed by atoms with Crippen molar-refractivity contribution < 1.29 is 18.8 Å². The minimum Gasteiger partial charge on any atom is -0.444 e. The average molecular weight is 287 g/mol. The Morgan fingerprint density at radius 2 is 1.94 bits per heavy atom. The van der Waals surface area contributed by atoms with Crippen LogP contribution in [0.2, 0.25) is 0 Å². The lowest BCUT2D eigenvalue weighted by molar-refractivity contribution is -0.135. The molecule has 0 unspecified atom stereocenters. The van der Waals surface area contributed by atoms with E-state index < -0.39 is 17.7 Å². The van der Waals surface area contributed by atoms with E-state index in [1.165, 1.54) is 6.07 Å². The number of amides is 3. The molecule has 0 atom stereocenters. The molecule has 2 heterocycles. The lowest BCUT2D eigenvalue weighted by Crippen LogP contribution is -2.53. The van der Waals surface area contributed by atoms with E-state index in [1.807, 2.05) is 0 Å². The molecular weight excluding hydrogens is 280 g/mol. The van der Waals surface area contributed by atoms with Crippen molar-refractivity contribution in [2.75, 3.05) is 13.1 Å². The highest BCUT2D eigenvalue weighted by Crippen LogP contribution is 2.16. The molecule has 2 rings (SSSR count). The summed E-state index contributed by atoms with van der Waals surface area (Å²) in [6, 6.07) is 3.04. The predicted molar refractivity (Wildman–Crippen MR) is 55.5 cm³/mol. The van der Waals surface area contributed by atoms with Gasteiger partial charge in [0.25, 0.3) is 5.91 Å². The van der Waals surface area contributed by atoms with Crippen LogP contribution >= 0.6 is 15.9 Å². The summed E-state index contributed by atoms with van der Waals surface area (Å²) < 4.78 is 5.47. The molecule has 0 bridgehead atoms. The van der Waals surface area contributed by atoms with Gasteiger partial charge >= 0.3 is 0 Å². The van der Waals surface area contributed by atoms with Crippen molar-refractivity contribution >= 4 is 33.7 Å². The first-order valence-electron chi connectivity index (χ1n) is 4.43. The quantitative estimate of drug-likeness (QED) is 0.745. The van der Waals surface area contributed by atoms with Crippen molar-refractivity contribution in [2.24, 2.45) is 0 Å². The van der Waals surface area contributed by atoms with Crippen LogP contribution in [-0.2, 0) is 9.59 Å². The van der Waals surface area contributed by atoms with Crippen LogP contribution in [-0.4, -0.2) is 35.7 Å². The molecule has 1 aliphatic rings. The third-order valence-corrected chi connectivity index (χ3v) is 2.45. The summed E-state index contributed by atoms with van der Waals surface area (Å²) in [7, 11) is 0. The van der Waals surface area contributed by atoms with Crippen molar-refractivity contribution in [3.63, 3.8) is 0 Å². The van der Waals surface area contributed by atoms with E-state index in [9.17, 15) is 14.4 Å². The van der Waals surface area contributed by atoms with Gasteiger partial charge in [-0.25, -0.2) is 0 Å². The Kier molecular flexibility index (Phi) is 2.78. The molecule has 6 nitrogen and oxygen atoms in total. The summed E-state index contributed by atoms with van der Waals surface area (Å²) in [4.78, 5) is 35.0. The summed E-state index contributed by atoms with van der Waals surface area (Å²) in [5.41, 5.74) is 0. The van der Waals surface area contributed by atoms with Gasteiger partial charge in [-0.15, -0.1) is 0 Å². The zero-order valence-electron chi connectivity index (χ0n) is 8.03. The highest BCUT2D eigenvalue weighted by Gasteiger charge is 2.28. The molecule has 0 aliphatic carbocycles. The first kappa shape index (κ1) is 10.9. The van der Waals surface area contributed by atoms with Gasteiger partial charge in [-0.2, -0.15) is 0 Å². The molecule has 1 aromatic heterocycles. The number of carbonyl (C=O) groups excluding carboxylic acids is 3. The highest BCUT2D eigenvalue weighted by atomic mass is 79.9. The monoisotopic (exact) mass is 286 g/mol. The van der Waals surface area contributed by atoms with Crippen LogP contribution in [0, 0.1) is 0 Å². The number of hydrogen-bond donors (Lipinski definition) is 1. The van der Waals surface area contributed by atoms with Crippen LogP contribution in [0.25, 0.3) is 0 Å². The van der Waals surface area contributed by atoms with E-state index in [0.29, 0.717) is 4.67 Å².